The van der Waals surface area contributed by atoms with Gasteiger partial charge in [-0.2, -0.15) is 8.42 Å². The predicted octanol–water partition coefficient (Wildman–Crippen LogP) is -0.566. The first-order valence-corrected chi connectivity index (χ1v) is 6.25. The first-order chi connectivity index (χ1) is 6.62. The van der Waals surface area contributed by atoms with Crippen LogP contribution in [0.1, 0.15) is 13.3 Å². The van der Waals surface area contributed by atoms with Crippen LogP contribution in [-0.4, -0.2) is 56.4 Å². The van der Waals surface area contributed by atoms with Crippen molar-refractivity contribution >= 4 is 16.0 Å². The third kappa shape index (κ3) is 9.64. The van der Waals surface area contributed by atoms with Crippen LogP contribution in [0, 0.1) is 0 Å². The first-order valence-electron chi connectivity index (χ1n) is 4.64. The van der Waals surface area contributed by atoms with E-state index in [-0.39, 0.29) is 11.7 Å². The standard InChI is InChI=1S/C8H18N2O4S/c1-8(11)9-7-10(2,3)5-4-6-15(12,13)14/h4-7H2,1-3H3,(H-,9,11,12,13,14)/p+1. The van der Waals surface area contributed by atoms with Crippen LogP contribution >= 0.6 is 0 Å². The van der Waals surface area contributed by atoms with E-state index in [1.807, 2.05) is 14.1 Å². The number of nitrogens with zero attached hydrogens (tertiary/aromatic N) is 1. The molecule has 90 valence electrons. The van der Waals surface area contributed by atoms with Crippen molar-refractivity contribution in [2.75, 3.05) is 33.1 Å². The van der Waals surface area contributed by atoms with Gasteiger partial charge in [0.05, 0.1) is 26.4 Å². The van der Waals surface area contributed by atoms with E-state index in [4.69, 9.17) is 4.55 Å². The number of carbonyl (C=O) groups is 1. The molecule has 0 aromatic heterocycles. The zero-order valence-electron chi connectivity index (χ0n) is 9.36. The molecular weight excluding hydrogens is 220 g/mol. The second-order valence-electron chi connectivity index (χ2n) is 4.19. The minimum Gasteiger partial charge on any atom is -0.311 e. The minimum atomic E-state index is -3.88. The normalized spacial score (nSPS) is 12.5. The number of hydrogen-bond donors (Lipinski definition) is 2. The molecule has 0 aromatic rings. The third-order valence-electron chi connectivity index (χ3n) is 1.92. The lowest BCUT2D eigenvalue weighted by Gasteiger charge is -2.29. The highest BCUT2D eigenvalue weighted by Crippen LogP contribution is 1.99. The van der Waals surface area contributed by atoms with Gasteiger partial charge in [-0.1, -0.05) is 0 Å². The fourth-order valence-electron chi connectivity index (χ4n) is 1.08. The van der Waals surface area contributed by atoms with E-state index < -0.39 is 10.1 Å². The minimum absolute atomic E-state index is 0.115. The predicted molar refractivity (Wildman–Crippen MR) is 56.7 cm³/mol. The van der Waals surface area contributed by atoms with Crippen LogP contribution < -0.4 is 5.32 Å². The van der Waals surface area contributed by atoms with E-state index >= 15 is 0 Å². The topological polar surface area (TPSA) is 83.5 Å². The van der Waals surface area contributed by atoms with E-state index in [9.17, 15) is 13.2 Å². The Balaban J connectivity index is 3.88. The number of carbonyl (C=O) groups excluding carboxylic acids is 1. The fourth-order valence-corrected chi connectivity index (χ4v) is 1.57. The molecule has 0 aliphatic rings. The van der Waals surface area contributed by atoms with Gasteiger partial charge in [0.1, 0.15) is 0 Å². The Hall–Kier alpha value is -0.660. The van der Waals surface area contributed by atoms with Crippen LogP contribution in [0.5, 0.6) is 0 Å². The van der Waals surface area contributed by atoms with Gasteiger partial charge in [0.25, 0.3) is 10.1 Å². The molecule has 0 radical (unpaired) electrons. The van der Waals surface area contributed by atoms with E-state index in [0.29, 0.717) is 24.1 Å². The monoisotopic (exact) mass is 239 g/mol. The summed E-state index contributed by atoms with van der Waals surface area (Å²) >= 11 is 0. The van der Waals surface area contributed by atoms with Crippen molar-refractivity contribution in [2.45, 2.75) is 13.3 Å². The van der Waals surface area contributed by atoms with Crippen molar-refractivity contribution in [1.29, 1.82) is 0 Å². The maximum atomic E-state index is 10.7. The van der Waals surface area contributed by atoms with Crippen LogP contribution in [0.25, 0.3) is 0 Å². The van der Waals surface area contributed by atoms with Crippen molar-refractivity contribution in [2.24, 2.45) is 0 Å². The molecule has 0 fully saturated rings. The van der Waals surface area contributed by atoms with Gasteiger partial charge in [0.2, 0.25) is 5.91 Å². The van der Waals surface area contributed by atoms with Crippen LogP contribution in [0.3, 0.4) is 0 Å². The van der Waals surface area contributed by atoms with Crippen molar-refractivity contribution < 1.29 is 22.2 Å². The largest absolute Gasteiger partial charge is 0.311 e. The van der Waals surface area contributed by atoms with Gasteiger partial charge in [-0.05, 0) is 0 Å². The summed E-state index contributed by atoms with van der Waals surface area (Å²) in [6.07, 6.45) is 0.366. The molecular formula is C8H19N2O4S+. The average molecular weight is 239 g/mol. The Morgan fingerprint density at radius 2 is 1.93 bits per heavy atom. The zero-order valence-corrected chi connectivity index (χ0v) is 10.2. The van der Waals surface area contributed by atoms with E-state index in [2.05, 4.69) is 5.32 Å². The molecule has 2 N–H and O–H groups in total. The summed E-state index contributed by atoms with van der Waals surface area (Å²) in [4.78, 5) is 10.7. The molecule has 0 bridgehead atoms. The lowest BCUT2D eigenvalue weighted by Crippen LogP contribution is -2.48. The van der Waals surface area contributed by atoms with Crippen LogP contribution in [-0.2, 0) is 14.9 Å². The van der Waals surface area contributed by atoms with Crippen LogP contribution in [0.4, 0.5) is 0 Å². The van der Waals surface area contributed by atoms with Gasteiger partial charge < -0.3 is 9.80 Å². The van der Waals surface area contributed by atoms with Crippen LogP contribution in [0.2, 0.25) is 0 Å². The Morgan fingerprint density at radius 1 is 1.40 bits per heavy atom. The molecule has 0 aromatic carbocycles. The van der Waals surface area contributed by atoms with Gasteiger partial charge in [-0.25, -0.2) is 0 Å². The highest BCUT2D eigenvalue weighted by molar-refractivity contribution is 7.85. The van der Waals surface area contributed by atoms with Crippen molar-refractivity contribution in [1.82, 2.24) is 5.32 Å². The Kier molecular flexibility index (Phi) is 5.19. The first kappa shape index (κ1) is 14.3. The molecule has 0 spiro atoms. The SMILES string of the molecule is CC(=O)NC[N+](C)(C)CCCS(=O)(=O)O. The molecule has 15 heavy (non-hydrogen) atoms. The molecule has 0 saturated heterocycles. The van der Waals surface area contributed by atoms with Gasteiger partial charge in [-0.15, -0.1) is 0 Å². The Morgan fingerprint density at radius 3 is 2.33 bits per heavy atom. The maximum absolute atomic E-state index is 10.7. The molecule has 0 saturated carbocycles. The number of quaternary nitrogens is 1. The van der Waals surface area contributed by atoms with Gasteiger partial charge in [-0.3, -0.25) is 9.35 Å². The zero-order chi connectivity index (χ0) is 12.1. The lowest BCUT2D eigenvalue weighted by molar-refractivity contribution is -0.892. The summed E-state index contributed by atoms with van der Waals surface area (Å²) in [5.41, 5.74) is 0. The van der Waals surface area contributed by atoms with Crippen molar-refractivity contribution in [3.05, 3.63) is 0 Å². The lowest BCUT2D eigenvalue weighted by atomic mass is 10.4. The molecule has 7 heteroatoms. The Labute approximate surface area is 90.6 Å². The molecule has 0 heterocycles. The van der Waals surface area contributed by atoms with E-state index in [1.54, 1.807) is 0 Å². The second kappa shape index (κ2) is 5.43. The number of nitrogens with one attached hydrogen (secondary N) is 1. The van der Waals surface area contributed by atoms with Crippen molar-refractivity contribution in [3.63, 3.8) is 0 Å². The quantitative estimate of drug-likeness (QED) is 0.369. The van der Waals surface area contributed by atoms with Gasteiger partial charge in [0.15, 0.2) is 6.67 Å². The van der Waals surface area contributed by atoms with E-state index in [1.165, 1.54) is 6.92 Å². The Bertz CT molecular complexity index is 311. The van der Waals surface area contributed by atoms with Crippen molar-refractivity contribution in [3.8, 4) is 0 Å². The second-order valence-corrected chi connectivity index (χ2v) is 5.76. The summed E-state index contributed by atoms with van der Waals surface area (Å²) in [7, 11) is -0.125. The molecule has 0 aliphatic carbocycles. The molecule has 0 atom stereocenters. The van der Waals surface area contributed by atoms with Gasteiger partial charge in [0, 0.05) is 13.3 Å². The summed E-state index contributed by atoms with van der Waals surface area (Å²) < 4.78 is 29.9. The smallest absolute Gasteiger partial charge is 0.265 e. The summed E-state index contributed by atoms with van der Waals surface area (Å²) in [5, 5.41) is 2.65. The number of amides is 1. The highest BCUT2D eigenvalue weighted by atomic mass is 32.2. The maximum Gasteiger partial charge on any atom is 0.265 e. The fraction of sp³-hybridized carbons (Fsp3) is 0.875. The van der Waals surface area contributed by atoms with E-state index in [0.717, 1.165) is 0 Å². The summed E-state index contributed by atoms with van der Waals surface area (Å²) in [6, 6.07) is 0. The molecule has 0 unspecified atom stereocenters. The molecule has 0 rings (SSSR count). The summed E-state index contributed by atoms with van der Waals surface area (Å²) in [5.74, 6) is -0.356. The third-order valence-corrected chi connectivity index (χ3v) is 2.73. The highest BCUT2D eigenvalue weighted by Gasteiger charge is 2.16. The average Bonchev–Trinajstić information content (AvgIpc) is 1.98. The summed E-state index contributed by atoms with van der Waals surface area (Å²) in [6.45, 7) is 2.44. The van der Waals surface area contributed by atoms with Crippen LogP contribution in [0.15, 0.2) is 0 Å². The number of hydrogen-bond acceptors (Lipinski definition) is 3. The molecule has 6 nitrogen and oxygen atoms in total. The molecule has 0 aliphatic heterocycles. The van der Waals surface area contributed by atoms with Gasteiger partial charge >= 0.3 is 0 Å². The molecule has 1 amide bonds. The number of rotatable bonds is 6.